The molecule has 2 unspecified atom stereocenters. The van der Waals surface area contributed by atoms with Crippen LogP contribution < -0.4 is 5.32 Å². The summed E-state index contributed by atoms with van der Waals surface area (Å²) in [4.78, 5) is 2.65. The summed E-state index contributed by atoms with van der Waals surface area (Å²) >= 11 is 0. The number of nitrogens with zero attached hydrogens (tertiary/aromatic N) is 1. The van der Waals surface area contributed by atoms with Crippen molar-refractivity contribution in [2.24, 2.45) is 0 Å². The smallest absolute Gasteiger partial charge is 0.0329 e. The fraction of sp³-hybridized carbons (Fsp3) is 0.667. The Balaban J connectivity index is 2.55. The predicted octanol–water partition coefficient (Wildman–Crippen LogP) is 4.24. The van der Waals surface area contributed by atoms with E-state index in [2.05, 4.69) is 68.4 Å². The molecule has 0 aliphatic rings. The molecule has 20 heavy (non-hydrogen) atoms. The van der Waals surface area contributed by atoms with Gasteiger partial charge in [-0.2, -0.15) is 0 Å². The van der Waals surface area contributed by atoms with Crippen molar-refractivity contribution in [3.05, 3.63) is 35.9 Å². The van der Waals surface area contributed by atoms with E-state index < -0.39 is 0 Å². The average Bonchev–Trinajstić information content (AvgIpc) is 2.51. The summed E-state index contributed by atoms with van der Waals surface area (Å²) in [5.74, 6) is 0. The van der Waals surface area contributed by atoms with Gasteiger partial charge in [0.1, 0.15) is 0 Å². The summed E-state index contributed by atoms with van der Waals surface area (Å²) in [5, 5.41) is 3.46. The van der Waals surface area contributed by atoms with E-state index in [1.807, 2.05) is 0 Å². The summed E-state index contributed by atoms with van der Waals surface area (Å²) in [5.41, 5.74) is 1.40. The van der Waals surface area contributed by atoms with E-state index >= 15 is 0 Å². The van der Waals surface area contributed by atoms with Crippen molar-refractivity contribution < 1.29 is 0 Å². The van der Waals surface area contributed by atoms with Gasteiger partial charge < -0.3 is 10.2 Å². The molecule has 0 saturated heterocycles. The van der Waals surface area contributed by atoms with Crippen LogP contribution in [0.15, 0.2) is 30.3 Å². The first kappa shape index (κ1) is 17.2. The Morgan fingerprint density at radius 2 is 1.80 bits per heavy atom. The second-order valence-corrected chi connectivity index (χ2v) is 5.69. The molecule has 0 aromatic heterocycles. The normalized spacial score (nSPS) is 14.4. The van der Waals surface area contributed by atoms with E-state index in [0.717, 1.165) is 0 Å². The van der Waals surface area contributed by atoms with Gasteiger partial charge in [-0.3, -0.25) is 0 Å². The molecule has 114 valence electrons. The summed E-state index contributed by atoms with van der Waals surface area (Å²) in [6, 6.07) is 11.9. The van der Waals surface area contributed by atoms with Crippen molar-refractivity contribution in [3.63, 3.8) is 0 Å². The second kappa shape index (κ2) is 9.95. The van der Waals surface area contributed by atoms with Crippen LogP contribution in [0.5, 0.6) is 0 Å². The van der Waals surface area contributed by atoms with Gasteiger partial charge in [0, 0.05) is 18.6 Å². The van der Waals surface area contributed by atoms with Crippen LogP contribution in [0.1, 0.15) is 58.1 Å². The van der Waals surface area contributed by atoms with Gasteiger partial charge in [0.25, 0.3) is 0 Å². The lowest BCUT2D eigenvalue weighted by Gasteiger charge is -2.30. The molecule has 0 heterocycles. The van der Waals surface area contributed by atoms with Gasteiger partial charge in [-0.05, 0) is 45.3 Å². The minimum atomic E-state index is 0.462. The predicted molar refractivity (Wildman–Crippen MR) is 89.1 cm³/mol. The average molecular weight is 276 g/mol. The quantitative estimate of drug-likeness (QED) is 0.687. The number of rotatable bonds is 10. The summed E-state index contributed by atoms with van der Waals surface area (Å²) in [6.45, 7) is 9.32. The third-order valence-electron chi connectivity index (χ3n) is 4.27. The van der Waals surface area contributed by atoms with Crippen molar-refractivity contribution in [3.8, 4) is 0 Å². The van der Waals surface area contributed by atoms with Crippen LogP contribution >= 0.6 is 0 Å². The van der Waals surface area contributed by atoms with Crippen LogP contribution in [0.4, 0.5) is 0 Å². The Bertz CT molecular complexity index is 337. The van der Waals surface area contributed by atoms with Crippen LogP contribution in [0.25, 0.3) is 0 Å². The molecule has 0 saturated carbocycles. The highest BCUT2D eigenvalue weighted by atomic mass is 15.1. The van der Waals surface area contributed by atoms with E-state index in [9.17, 15) is 0 Å². The van der Waals surface area contributed by atoms with Crippen molar-refractivity contribution in [1.29, 1.82) is 0 Å². The van der Waals surface area contributed by atoms with Gasteiger partial charge in [0.05, 0.1) is 0 Å². The van der Waals surface area contributed by atoms with Crippen LogP contribution in [-0.4, -0.2) is 31.1 Å². The van der Waals surface area contributed by atoms with Crippen molar-refractivity contribution in [1.82, 2.24) is 10.2 Å². The van der Waals surface area contributed by atoms with Crippen LogP contribution in [0.2, 0.25) is 0 Å². The van der Waals surface area contributed by atoms with Crippen LogP contribution in [0, 0.1) is 0 Å². The largest absolute Gasteiger partial charge is 0.313 e. The molecule has 1 N–H and O–H groups in total. The van der Waals surface area contributed by atoms with Crippen molar-refractivity contribution in [2.45, 2.75) is 58.5 Å². The second-order valence-electron chi connectivity index (χ2n) is 5.69. The van der Waals surface area contributed by atoms with E-state index in [1.54, 1.807) is 0 Å². The molecule has 1 rings (SSSR count). The highest BCUT2D eigenvalue weighted by Crippen LogP contribution is 2.18. The first-order valence-electron chi connectivity index (χ1n) is 8.19. The maximum absolute atomic E-state index is 3.46. The fourth-order valence-electron chi connectivity index (χ4n) is 2.63. The number of benzene rings is 1. The maximum atomic E-state index is 3.46. The fourth-order valence-corrected chi connectivity index (χ4v) is 2.63. The van der Waals surface area contributed by atoms with E-state index in [1.165, 1.54) is 44.3 Å². The summed E-state index contributed by atoms with van der Waals surface area (Å²) < 4.78 is 0. The first-order valence-corrected chi connectivity index (χ1v) is 8.19. The number of hydrogen-bond donors (Lipinski definition) is 1. The molecule has 1 aromatic rings. The zero-order valence-electron chi connectivity index (χ0n) is 13.7. The Labute approximate surface area is 125 Å². The summed E-state index contributed by atoms with van der Waals surface area (Å²) in [7, 11) is 2.07. The first-order chi connectivity index (χ1) is 9.72. The lowest BCUT2D eigenvalue weighted by Crippen LogP contribution is -2.36. The molecule has 2 heteroatoms. The molecule has 2 atom stereocenters. The zero-order valence-corrected chi connectivity index (χ0v) is 13.7. The Kier molecular flexibility index (Phi) is 8.56. The maximum Gasteiger partial charge on any atom is 0.0329 e. The molecule has 0 fully saturated rings. The Morgan fingerprint density at radius 1 is 1.10 bits per heavy atom. The molecule has 0 bridgehead atoms. The number of unbranched alkanes of at least 4 members (excludes halogenated alkanes) is 1. The highest BCUT2D eigenvalue weighted by Gasteiger charge is 2.15. The highest BCUT2D eigenvalue weighted by molar-refractivity contribution is 5.18. The third-order valence-corrected chi connectivity index (χ3v) is 4.27. The van der Waals surface area contributed by atoms with Gasteiger partial charge in [-0.25, -0.2) is 0 Å². The van der Waals surface area contributed by atoms with Crippen LogP contribution in [0.3, 0.4) is 0 Å². The molecule has 2 nitrogen and oxygen atoms in total. The lowest BCUT2D eigenvalue weighted by atomic mass is 10.0. The molecular weight excluding hydrogens is 244 g/mol. The minimum Gasteiger partial charge on any atom is -0.313 e. The molecule has 1 aromatic carbocycles. The Hall–Kier alpha value is -0.860. The molecule has 0 amide bonds. The van der Waals surface area contributed by atoms with Crippen molar-refractivity contribution >= 4 is 0 Å². The van der Waals surface area contributed by atoms with Gasteiger partial charge >= 0.3 is 0 Å². The molecule has 0 radical (unpaired) electrons. The number of hydrogen-bond acceptors (Lipinski definition) is 2. The van der Waals surface area contributed by atoms with Gasteiger partial charge in [0.15, 0.2) is 0 Å². The zero-order chi connectivity index (χ0) is 14.8. The summed E-state index contributed by atoms with van der Waals surface area (Å²) in [6.07, 6.45) is 4.99. The number of nitrogens with one attached hydrogen (secondary N) is 1. The van der Waals surface area contributed by atoms with E-state index in [-0.39, 0.29) is 0 Å². The van der Waals surface area contributed by atoms with Crippen LogP contribution in [-0.2, 0) is 0 Å². The molecule has 0 aliphatic heterocycles. The van der Waals surface area contributed by atoms with E-state index in [0.29, 0.717) is 12.1 Å². The minimum absolute atomic E-state index is 0.462. The molecule has 0 aliphatic carbocycles. The van der Waals surface area contributed by atoms with Gasteiger partial charge in [-0.15, -0.1) is 0 Å². The topological polar surface area (TPSA) is 15.3 Å². The lowest BCUT2D eigenvalue weighted by molar-refractivity contribution is 0.191. The Morgan fingerprint density at radius 3 is 2.35 bits per heavy atom. The van der Waals surface area contributed by atoms with Gasteiger partial charge in [0.2, 0.25) is 0 Å². The molecular formula is C18H32N2. The third kappa shape index (κ3) is 5.64. The SMILES string of the molecule is CCCCN(CCC(NC)c1ccccc1)C(C)CC. The van der Waals surface area contributed by atoms with Crippen molar-refractivity contribution in [2.75, 3.05) is 20.1 Å². The standard InChI is InChI=1S/C18H32N2/c1-5-7-14-20(16(3)6-2)15-13-18(19-4)17-11-9-8-10-12-17/h8-12,16,18-19H,5-7,13-15H2,1-4H3. The molecule has 0 spiro atoms. The van der Waals surface area contributed by atoms with E-state index in [4.69, 9.17) is 0 Å². The monoisotopic (exact) mass is 276 g/mol. The van der Waals surface area contributed by atoms with Gasteiger partial charge in [-0.1, -0.05) is 50.6 Å².